The molecule has 3 rings (SSSR count). The van der Waals surface area contributed by atoms with Crippen LogP contribution in [0.1, 0.15) is 35.8 Å². The van der Waals surface area contributed by atoms with E-state index in [0.29, 0.717) is 12.1 Å². The third-order valence-corrected chi connectivity index (χ3v) is 4.42. The van der Waals surface area contributed by atoms with Gasteiger partial charge in [0.1, 0.15) is 5.82 Å². The van der Waals surface area contributed by atoms with Crippen molar-refractivity contribution in [1.29, 1.82) is 0 Å². The summed E-state index contributed by atoms with van der Waals surface area (Å²) in [6.45, 7) is 4.49. The largest absolute Gasteiger partial charge is 0.332 e. The van der Waals surface area contributed by atoms with Crippen molar-refractivity contribution in [3.63, 3.8) is 0 Å². The Bertz CT molecular complexity index is 841. The lowest BCUT2D eigenvalue weighted by Crippen LogP contribution is -2.33. The summed E-state index contributed by atoms with van der Waals surface area (Å²) in [6, 6.07) is 17.7. The molecule has 0 N–H and O–H groups in total. The molecule has 0 fully saturated rings. The molecule has 0 unspecified atom stereocenters. The lowest BCUT2D eigenvalue weighted by Gasteiger charge is -2.28. The van der Waals surface area contributed by atoms with Crippen molar-refractivity contribution in [2.45, 2.75) is 19.9 Å². The first-order chi connectivity index (χ1) is 12.1. The number of halogens is 1. The summed E-state index contributed by atoms with van der Waals surface area (Å²) in [5, 5.41) is 0. The standard InChI is InChI=1S/C21H21FN2O/c1-3-24(16(2)17-9-11-19(22)12-10-17)21(25)18-7-6-8-20(15-18)23-13-4-5-14-23/h4-16H,3H2,1-2H3/t16-/m1/s1. The maximum atomic E-state index is 13.2. The highest BCUT2D eigenvalue weighted by Gasteiger charge is 2.21. The van der Waals surface area contributed by atoms with Crippen LogP contribution >= 0.6 is 0 Å². The Morgan fingerprint density at radius 1 is 1.08 bits per heavy atom. The van der Waals surface area contributed by atoms with Crippen LogP contribution < -0.4 is 0 Å². The second-order valence-corrected chi connectivity index (χ2v) is 5.96. The van der Waals surface area contributed by atoms with E-state index in [1.165, 1.54) is 12.1 Å². The van der Waals surface area contributed by atoms with Gasteiger partial charge in [-0.05, 0) is 61.9 Å². The molecule has 3 nitrogen and oxygen atoms in total. The number of carbonyl (C=O) groups excluding carboxylic acids is 1. The lowest BCUT2D eigenvalue weighted by atomic mass is 10.1. The molecule has 1 amide bonds. The van der Waals surface area contributed by atoms with Crippen molar-refractivity contribution >= 4 is 5.91 Å². The Morgan fingerprint density at radius 2 is 1.76 bits per heavy atom. The third kappa shape index (κ3) is 3.63. The van der Waals surface area contributed by atoms with E-state index in [1.807, 2.05) is 67.2 Å². The molecule has 0 saturated carbocycles. The average molecular weight is 336 g/mol. The van der Waals surface area contributed by atoms with Crippen molar-refractivity contribution in [3.05, 3.63) is 90.0 Å². The molecule has 1 atom stereocenters. The highest BCUT2D eigenvalue weighted by Crippen LogP contribution is 2.23. The Morgan fingerprint density at radius 3 is 2.40 bits per heavy atom. The minimum absolute atomic E-state index is 0.0340. The van der Waals surface area contributed by atoms with Crippen LogP contribution in [-0.2, 0) is 0 Å². The minimum Gasteiger partial charge on any atom is -0.332 e. The number of carbonyl (C=O) groups is 1. The molecule has 4 heteroatoms. The van der Waals surface area contributed by atoms with Gasteiger partial charge in [-0.2, -0.15) is 0 Å². The van der Waals surface area contributed by atoms with Crippen LogP contribution in [0, 0.1) is 5.82 Å². The van der Waals surface area contributed by atoms with Crippen molar-refractivity contribution in [2.75, 3.05) is 6.54 Å². The zero-order chi connectivity index (χ0) is 17.8. The molecule has 0 radical (unpaired) electrons. The number of benzene rings is 2. The Labute approximate surface area is 147 Å². The molecule has 0 aliphatic carbocycles. The number of nitrogens with zero attached hydrogens (tertiary/aromatic N) is 2. The molecule has 2 aromatic carbocycles. The summed E-state index contributed by atoms with van der Waals surface area (Å²) in [5.74, 6) is -0.307. The third-order valence-electron chi connectivity index (χ3n) is 4.42. The van der Waals surface area contributed by atoms with Gasteiger partial charge >= 0.3 is 0 Å². The molecular weight excluding hydrogens is 315 g/mol. The molecule has 128 valence electrons. The summed E-state index contributed by atoms with van der Waals surface area (Å²) < 4.78 is 15.1. The van der Waals surface area contributed by atoms with Gasteiger partial charge < -0.3 is 9.47 Å². The maximum Gasteiger partial charge on any atom is 0.254 e. The SMILES string of the molecule is CCN(C(=O)c1cccc(-n2cccc2)c1)[C@H](C)c1ccc(F)cc1. The van der Waals surface area contributed by atoms with Gasteiger partial charge in [0.05, 0.1) is 6.04 Å². The highest BCUT2D eigenvalue weighted by atomic mass is 19.1. The predicted octanol–water partition coefficient (Wildman–Crippen LogP) is 4.84. The van der Waals surface area contributed by atoms with Gasteiger partial charge in [-0.15, -0.1) is 0 Å². The first-order valence-electron chi connectivity index (χ1n) is 8.40. The smallest absolute Gasteiger partial charge is 0.254 e. The van der Waals surface area contributed by atoms with E-state index in [-0.39, 0.29) is 17.8 Å². The lowest BCUT2D eigenvalue weighted by molar-refractivity contribution is 0.0702. The summed E-state index contributed by atoms with van der Waals surface area (Å²) in [7, 11) is 0. The summed E-state index contributed by atoms with van der Waals surface area (Å²) in [6.07, 6.45) is 3.89. The van der Waals surface area contributed by atoms with Gasteiger partial charge in [-0.25, -0.2) is 4.39 Å². The second kappa shape index (κ2) is 7.34. The van der Waals surface area contributed by atoms with Crippen molar-refractivity contribution < 1.29 is 9.18 Å². The monoisotopic (exact) mass is 336 g/mol. The predicted molar refractivity (Wildman–Crippen MR) is 97.3 cm³/mol. The molecule has 1 aromatic heterocycles. The van der Waals surface area contributed by atoms with Crippen molar-refractivity contribution in [3.8, 4) is 5.69 Å². The minimum atomic E-state index is -0.273. The molecule has 3 aromatic rings. The van der Waals surface area contributed by atoms with E-state index in [1.54, 1.807) is 17.0 Å². The molecular formula is C21H21FN2O. The van der Waals surface area contributed by atoms with E-state index in [2.05, 4.69) is 0 Å². The maximum absolute atomic E-state index is 13.2. The van der Waals surface area contributed by atoms with Gasteiger partial charge in [0.15, 0.2) is 0 Å². The zero-order valence-electron chi connectivity index (χ0n) is 14.4. The molecule has 25 heavy (non-hydrogen) atoms. The molecule has 0 bridgehead atoms. The first kappa shape index (κ1) is 17.0. The molecule has 1 heterocycles. The fraction of sp³-hybridized carbons (Fsp3) is 0.190. The second-order valence-electron chi connectivity index (χ2n) is 5.96. The van der Waals surface area contributed by atoms with Gasteiger partial charge in [0, 0.05) is 30.2 Å². The van der Waals surface area contributed by atoms with Gasteiger partial charge in [-0.3, -0.25) is 4.79 Å². The molecule has 0 saturated heterocycles. The van der Waals surface area contributed by atoms with E-state index >= 15 is 0 Å². The fourth-order valence-corrected chi connectivity index (χ4v) is 2.99. The number of amides is 1. The topological polar surface area (TPSA) is 25.2 Å². The number of hydrogen-bond acceptors (Lipinski definition) is 1. The quantitative estimate of drug-likeness (QED) is 0.654. The van der Waals surface area contributed by atoms with Crippen LogP contribution in [0.2, 0.25) is 0 Å². The number of rotatable bonds is 5. The van der Waals surface area contributed by atoms with Gasteiger partial charge in [0.25, 0.3) is 5.91 Å². The van der Waals surface area contributed by atoms with E-state index in [4.69, 9.17) is 0 Å². The molecule has 0 aliphatic heterocycles. The van der Waals surface area contributed by atoms with Crippen LogP contribution in [0.25, 0.3) is 5.69 Å². The van der Waals surface area contributed by atoms with Gasteiger partial charge in [-0.1, -0.05) is 18.2 Å². The first-order valence-corrected chi connectivity index (χ1v) is 8.40. The number of hydrogen-bond donors (Lipinski definition) is 0. The van der Waals surface area contributed by atoms with Crippen LogP contribution in [0.3, 0.4) is 0 Å². The van der Waals surface area contributed by atoms with Crippen molar-refractivity contribution in [2.24, 2.45) is 0 Å². The van der Waals surface area contributed by atoms with Crippen LogP contribution in [0.15, 0.2) is 73.1 Å². The summed E-state index contributed by atoms with van der Waals surface area (Å²) in [5.41, 5.74) is 2.50. The number of aromatic nitrogens is 1. The van der Waals surface area contributed by atoms with E-state index in [9.17, 15) is 9.18 Å². The van der Waals surface area contributed by atoms with Gasteiger partial charge in [0.2, 0.25) is 0 Å². The Hall–Kier alpha value is -2.88. The van der Waals surface area contributed by atoms with E-state index in [0.717, 1.165) is 11.3 Å². The summed E-state index contributed by atoms with van der Waals surface area (Å²) in [4.78, 5) is 14.8. The van der Waals surface area contributed by atoms with Crippen LogP contribution in [0.5, 0.6) is 0 Å². The Kier molecular flexibility index (Phi) is 4.98. The molecule has 0 spiro atoms. The zero-order valence-corrected chi connectivity index (χ0v) is 14.4. The fourth-order valence-electron chi connectivity index (χ4n) is 2.99. The Balaban J connectivity index is 1.87. The van der Waals surface area contributed by atoms with Crippen LogP contribution in [-0.4, -0.2) is 21.9 Å². The van der Waals surface area contributed by atoms with E-state index < -0.39 is 0 Å². The van der Waals surface area contributed by atoms with Crippen LogP contribution in [0.4, 0.5) is 4.39 Å². The normalized spacial score (nSPS) is 12.0. The van der Waals surface area contributed by atoms with Crippen molar-refractivity contribution in [1.82, 2.24) is 9.47 Å². The molecule has 0 aliphatic rings. The highest BCUT2D eigenvalue weighted by molar-refractivity contribution is 5.95. The summed E-state index contributed by atoms with van der Waals surface area (Å²) >= 11 is 0. The average Bonchev–Trinajstić information content (AvgIpc) is 3.17.